The fourth-order valence-electron chi connectivity index (χ4n) is 4.54. The van der Waals surface area contributed by atoms with Crippen molar-refractivity contribution in [1.82, 2.24) is 9.97 Å². The average molecular weight is 473 g/mol. The molecular weight excluding hydrogens is 451 g/mol. The number of fused-ring (bicyclic) bond motifs is 2. The molecule has 8 nitrogen and oxygen atoms in total. The normalized spacial score (nSPS) is 18.5. The van der Waals surface area contributed by atoms with Crippen LogP contribution < -0.4 is 14.5 Å². The number of aliphatic hydroxyl groups is 1. The minimum atomic E-state index is -0.620. The molecule has 0 radical (unpaired) electrons. The maximum absolute atomic E-state index is 14.3. The number of hydrogen-bond acceptors (Lipinski definition) is 7. The zero-order chi connectivity index (χ0) is 23.3. The van der Waals surface area contributed by atoms with Gasteiger partial charge in [0.2, 0.25) is 0 Å². The Bertz CT molecular complexity index is 1270. The van der Waals surface area contributed by atoms with Gasteiger partial charge in [0, 0.05) is 24.5 Å². The molecule has 0 spiro atoms. The first-order chi connectivity index (χ1) is 15.9. The van der Waals surface area contributed by atoms with Crippen LogP contribution in [0.15, 0.2) is 24.3 Å². The van der Waals surface area contributed by atoms with Gasteiger partial charge in [0.1, 0.15) is 22.9 Å². The molecule has 33 heavy (non-hydrogen) atoms. The molecule has 10 heteroatoms. The smallest absolute Gasteiger partial charge is 0.318 e. The van der Waals surface area contributed by atoms with Crippen molar-refractivity contribution in [2.24, 2.45) is 0 Å². The van der Waals surface area contributed by atoms with E-state index in [1.54, 1.807) is 0 Å². The molecule has 1 unspecified atom stereocenters. The van der Waals surface area contributed by atoms with Crippen molar-refractivity contribution >= 4 is 39.8 Å². The van der Waals surface area contributed by atoms with Crippen LogP contribution in [-0.2, 0) is 6.54 Å². The summed E-state index contributed by atoms with van der Waals surface area (Å²) in [5.41, 5.74) is 1.08. The molecule has 1 amide bonds. The lowest BCUT2D eigenvalue weighted by Crippen LogP contribution is -2.29. The molecule has 2 aliphatic heterocycles. The van der Waals surface area contributed by atoms with Crippen LogP contribution in [0.25, 0.3) is 10.8 Å². The minimum Gasteiger partial charge on any atom is -0.508 e. The Balaban J connectivity index is 1.64. The topological polar surface area (TPSA) is 99.0 Å². The van der Waals surface area contributed by atoms with Gasteiger partial charge in [-0.3, -0.25) is 4.79 Å². The molecular formula is C23H22ClFN4O4. The van der Waals surface area contributed by atoms with E-state index in [1.165, 1.54) is 36.3 Å². The van der Waals surface area contributed by atoms with Crippen LogP contribution in [-0.4, -0.2) is 52.4 Å². The summed E-state index contributed by atoms with van der Waals surface area (Å²) in [6, 6.07) is 5.72. The van der Waals surface area contributed by atoms with Crippen molar-refractivity contribution < 1.29 is 24.1 Å². The first kappa shape index (κ1) is 21.7. The number of benzene rings is 2. The number of halogens is 2. The van der Waals surface area contributed by atoms with Crippen LogP contribution >= 0.6 is 11.6 Å². The van der Waals surface area contributed by atoms with E-state index in [0.717, 1.165) is 6.42 Å². The highest BCUT2D eigenvalue weighted by molar-refractivity contribution is 6.37. The van der Waals surface area contributed by atoms with Gasteiger partial charge in [-0.05, 0) is 36.8 Å². The van der Waals surface area contributed by atoms with Crippen LogP contribution in [0.3, 0.4) is 0 Å². The lowest BCUT2D eigenvalue weighted by atomic mass is 10.1. The molecule has 1 aromatic heterocycles. The Morgan fingerprint density at radius 2 is 2.03 bits per heavy atom. The number of aliphatic hydroxyl groups excluding tert-OH is 1. The molecule has 172 valence electrons. The number of carbonyl (C=O) groups is 1. The van der Waals surface area contributed by atoms with Crippen LogP contribution in [0.4, 0.5) is 15.9 Å². The summed E-state index contributed by atoms with van der Waals surface area (Å²) in [5, 5.41) is 21.0. The molecule has 2 aliphatic rings. The molecule has 1 saturated heterocycles. The van der Waals surface area contributed by atoms with E-state index in [2.05, 4.69) is 9.97 Å². The summed E-state index contributed by atoms with van der Waals surface area (Å²) in [5.74, 6) is -0.625. The number of aromatic nitrogens is 2. The predicted molar refractivity (Wildman–Crippen MR) is 122 cm³/mol. The standard InChI is InChI=1S/C23H22ClFN4O4/c1-33-23-26-16-11-29(17-10-14(31)9-12-4-5-15(25)20(24)18(12)17)22(32)19(16)21(27-23)28-7-2-3-13(30)6-8-28/h4-5,9-10,13,30-31H,2-3,6-8,11H2,1H3. The van der Waals surface area contributed by atoms with E-state index in [1.807, 2.05) is 4.90 Å². The summed E-state index contributed by atoms with van der Waals surface area (Å²) in [4.78, 5) is 25.9. The number of rotatable bonds is 3. The van der Waals surface area contributed by atoms with E-state index < -0.39 is 11.9 Å². The van der Waals surface area contributed by atoms with Gasteiger partial charge in [0.25, 0.3) is 5.91 Å². The Morgan fingerprint density at radius 1 is 1.21 bits per heavy atom. The largest absolute Gasteiger partial charge is 0.508 e. The summed E-state index contributed by atoms with van der Waals surface area (Å²) >= 11 is 6.28. The second-order valence-corrected chi connectivity index (χ2v) is 8.62. The zero-order valence-corrected chi connectivity index (χ0v) is 18.6. The molecule has 3 heterocycles. The SMILES string of the molecule is COc1nc2c(c(N3CCCC(O)CC3)n1)C(=O)N(c1cc(O)cc3ccc(F)c(Cl)c13)C2. The maximum atomic E-state index is 14.3. The third kappa shape index (κ3) is 3.71. The van der Waals surface area contributed by atoms with Gasteiger partial charge in [0.15, 0.2) is 0 Å². The van der Waals surface area contributed by atoms with Gasteiger partial charge < -0.3 is 24.7 Å². The summed E-state index contributed by atoms with van der Waals surface area (Å²) in [7, 11) is 1.46. The first-order valence-electron chi connectivity index (χ1n) is 10.7. The Hall–Kier alpha value is -3.17. The molecule has 1 fully saturated rings. The van der Waals surface area contributed by atoms with Gasteiger partial charge >= 0.3 is 6.01 Å². The highest BCUT2D eigenvalue weighted by Gasteiger charge is 2.37. The van der Waals surface area contributed by atoms with Crippen molar-refractivity contribution in [3.05, 3.63) is 46.4 Å². The highest BCUT2D eigenvalue weighted by Crippen LogP contribution is 2.42. The minimum absolute atomic E-state index is 0.0747. The number of phenolic OH excluding ortho intramolecular Hbond substituents is 1. The summed E-state index contributed by atoms with van der Waals surface area (Å²) < 4.78 is 19.6. The fraction of sp³-hybridized carbons (Fsp3) is 0.348. The number of ether oxygens (including phenoxy) is 1. The zero-order valence-electron chi connectivity index (χ0n) is 17.9. The van der Waals surface area contributed by atoms with Crippen LogP contribution in [0.5, 0.6) is 11.8 Å². The van der Waals surface area contributed by atoms with Gasteiger partial charge in [-0.1, -0.05) is 17.7 Å². The van der Waals surface area contributed by atoms with E-state index >= 15 is 0 Å². The molecule has 0 aliphatic carbocycles. The lowest BCUT2D eigenvalue weighted by Gasteiger charge is -2.24. The van der Waals surface area contributed by atoms with Crippen molar-refractivity contribution in [3.8, 4) is 11.8 Å². The summed E-state index contributed by atoms with van der Waals surface area (Å²) in [6.07, 6.45) is 1.60. The molecule has 2 aromatic carbocycles. The van der Waals surface area contributed by atoms with Gasteiger partial charge in [-0.2, -0.15) is 9.97 Å². The number of amides is 1. The average Bonchev–Trinajstić information content (AvgIpc) is 2.97. The quantitative estimate of drug-likeness (QED) is 0.600. The van der Waals surface area contributed by atoms with Gasteiger partial charge in [-0.15, -0.1) is 0 Å². The number of anilines is 2. The number of methoxy groups -OCH3 is 1. The third-order valence-corrected chi connectivity index (χ3v) is 6.52. The van der Waals surface area contributed by atoms with Gasteiger partial charge in [0.05, 0.1) is 36.2 Å². The molecule has 0 saturated carbocycles. The van der Waals surface area contributed by atoms with Crippen molar-refractivity contribution in [2.45, 2.75) is 31.9 Å². The van der Waals surface area contributed by atoms with E-state index in [0.29, 0.717) is 53.8 Å². The van der Waals surface area contributed by atoms with E-state index in [9.17, 15) is 19.4 Å². The second-order valence-electron chi connectivity index (χ2n) is 8.24. The van der Waals surface area contributed by atoms with Gasteiger partial charge in [-0.25, -0.2) is 4.39 Å². The van der Waals surface area contributed by atoms with Crippen molar-refractivity contribution in [2.75, 3.05) is 30.0 Å². The van der Waals surface area contributed by atoms with Crippen LogP contribution in [0.1, 0.15) is 35.3 Å². The molecule has 3 aromatic rings. The summed E-state index contributed by atoms with van der Waals surface area (Å²) in [6.45, 7) is 1.25. The number of hydrogen-bond donors (Lipinski definition) is 2. The first-order valence-corrected chi connectivity index (χ1v) is 11.1. The molecule has 1 atom stereocenters. The monoisotopic (exact) mass is 472 g/mol. The highest BCUT2D eigenvalue weighted by atomic mass is 35.5. The maximum Gasteiger partial charge on any atom is 0.318 e. The molecule has 5 rings (SSSR count). The third-order valence-electron chi connectivity index (χ3n) is 6.15. The van der Waals surface area contributed by atoms with Crippen LogP contribution in [0, 0.1) is 5.82 Å². The van der Waals surface area contributed by atoms with Crippen LogP contribution in [0.2, 0.25) is 5.02 Å². The Kier molecular flexibility index (Phi) is 5.46. The number of nitrogens with zero attached hydrogens (tertiary/aromatic N) is 4. The fourth-order valence-corrected chi connectivity index (χ4v) is 4.81. The number of aromatic hydroxyl groups is 1. The van der Waals surface area contributed by atoms with Crippen molar-refractivity contribution in [1.29, 1.82) is 0 Å². The Morgan fingerprint density at radius 3 is 2.82 bits per heavy atom. The predicted octanol–water partition coefficient (Wildman–Crippen LogP) is 3.65. The van der Waals surface area contributed by atoms with Crippen molar-refractivity contribution in [3.63, 3.8) is 0 Å². The van der Waals surface area contributed by atoms with E-state index in [4.69, 9.17) is 16.3 Å². The molecule has 0 bridgehead atoms. The van der Waals surface area contributed by atoms with E-state index in [-0.39, 0.29) is 34.9 Å². The lowest BCUT2D eigenvalue weighted by molar-refractivity contribution is 0.0997. The number of phenols is 1. The number of carbonyl (C=O) groups excluding carboxylic acids is 1. The Labute approximate surface area is 194 Å². The molecule has 2 N–H and O–H groups in total. The second kappa shape index (κ2) is 8.31.